The number of morpholine rings is 1. The summed E-state index contributed by atoms with van der Waals surface area (Å²) in [6.07, 6.45) is 1.76. The standard InChI is InChI=1S/C18H28N4O3S/c1-3-9-20-18(19-4-2)21-14-16-7-5-6-8-17(16)15-26(23,24)22-10-12-25-13-11-22/h3,5-8H,1,4,9-15H2,2H3,(H2,19,20,21). The van der Waals surface area contributed by atoms with Crippen molar-refractivity contribution < 1.29 is 13.2 Å². The number of guanidine groups is 1. The van der Waals surface area contributed by atoms with E-state index in [1.165, 1.54) is 4.31 Å². The van der Waals surface area contributed by atoms with E-state index in [0.717, 1.165) is 17.7 Å². The van der Waals surface area contributed by atoms with E-state index in [9.17, 15) is 8.42 Å². The van der Waals surface area contributed by atoms with Crippen LogP contribution in [-0.2, 0) is 27.1 Å². The Labute approximate surface area is 156 Å². The van der Waals surface area contributed by atoms with Gasteiger partial charge in [0.1, 0.15) is 0 Å². The van der Waals surface area contributed by atoms with Gasteiger partial charge in [0, 0.05) is 26.2 Å². The number of nitrogens with one attached hydrogen (secondary N) is 2. The zero-order chi connectivity index (χ0) is 18.8. The van der Waals surface area contributed by atoms with Gasteiger partial charge < -0.3 is 15.4 Å². The van der Waals surface area contributed by atoms with Crippen LogP contribution in [0.15, 0.2) is 41.9 Å². The van der Waals surface area contributed by atoms with Gasteiger partial charge in [-0.25, -0.2) is 13.4 Å². The fraction of sp³-hybridized carbons (Fsp3) is 0.500. The molecule has 0 atom stereocenters. The molecule has 1 aromatic carbocycles. The summed E-state index contributed by atoms with van der Waals surface area (Å²) < 4.78 is 32.1. The van der Waals surface area contributed by atoms with Gasteiger partial charge in [-0.1, -0.05) is 30.3 Å². The number of aliphatic imine (C=N–C) groups is 1. The highest BCUT2D eigenvalue weighted by molar-refractivity contribution is 7.88. The van der Waals surface area contributed by atoms with E-state index in [-0.39, 0.29) is 5.75 Å². The molecule has 2 rings (SSSR count). The van der Waals surface area contributed by atoms with Crippen LogP contribution in [0.25, 0.3) is 0 Å². The third-order valence-corrected chi connectivity index (χ3v) is 5.81. The Hall–Kier alpha value is -1.90. The Balaban J connectivity index is 2.12. The highest BCUT2D eigenvalue weighted by atomic mass is 32.2. The van der Waals surface area contributed by atoms with Gasteiger partial charge >= 0.3 is 0 Å². The number of rotatable bonds is 8. The minimum Gasteiger partial charge on any atom is -0.379 e. The average molecular weight is 381 g/mol. The second-order valence-corrected chi connectivity index (χ2v) is 7.87. The van der Waals surface area contributed by atoms with Crippen LogP contribution in [0.2, 0.25) is 0 Å². The van der Waals surface area contributed by atoms with Gasteiger partial charge in [-0.05, 0) is 18.1 Å². The Kier molecular flexibility index (Phi) is 8.08. The van der Waals surface area contributed by atoms with Crippen molar-refractivity contribution in [3.05, 3.63) is 48.0 Å². The zero-order valence-corrected chi connectivity index (χ0v) is 16.1. The van der Waals surface area contributed by atoms with E-state index >= 15 is 0 Å². The number of hydrogen-bond donors (Lipinski definition) is 2. The summed E-state index contributed by atoms with van der Waals surface area (Å²) in [5.41, 5.74) is 1.68. The molecule has 8 heteroatoms. The first-order chi connectivity index (χ1) is 12.6. The molecule has 0 saturated carbocycles. The molecule has 0 spiro atoms. The van der Waals surface area contributed by atoms with E-state index in [0.29, 0.717) is 45.4 Å². The molecule has 0 unspecified atom stereocenters. The first-order valence-corrected chi connectivity index (χ1v) is 10.4. The van der Waals surface area contributed by atoms with Crippen LogP contribution in [0.3, 0.4) is 0 Å². The maximum Gasteiger partial charge on any atom is 0.218 e. The van der Waals surface area contributed by atoms with Crippen LogP contribution in [-0.4, -0.2) is 58.1 Å². The van der Waals surface area contributed by atoms with E-state index in [1.54, 1.807) is 6.08 Å². The van der Waals surface area contributed by atoms with Crippen LogP contribution in [0.4, 0.5) is 0 Å². The van der Waals surface area contributed by atoms with Gasteiger partial charge in [-0.3, -0.25) is 0 Å². The summed E-state index contributed by atoms with van der Waals surface area (Å²) in [6.45, 7) is 9.17. The number of sulfonamides is 1. The molecule has 1 fully saturated rings. The Morgan fingerprint density at radius 3 is 2.62 bits per heavy atom. The van der Waals surface area contributed by atoms with Crippen molar-refractivity contribution in [1.29, 1.82) is 0 Å². The minimum absolute atomic E-state index is 0.0185. The quantitative estimate of drug-likeness (QED) is 0.401. The Morgan fingerprint density at radius 1 is 1.27 bits per heavy atom. The second kappa shape index (κ2) is 10.3. The van der Waals surface area contributed by atoms with Crippen molar-refractivity contribution in [3.8, 4) is 0 Å². The predicted molar refractivity (Wildman–Crippen MR) is 104 cm³/mol. The van der Waals surface area contributed by atoms with Gasteiger partial charge in [0.2, 0.25) is 10.0 Å². The summed E-state index contributed by atoms with van der Waals surface area (Å²) in [7, 11) is -3.36. The molecule has 1 aliphatic heterocycles. The molecule has 0 aliphatic carbocycles. The summed E-state index contributed by atoms with van der Waals surface area (Å²) in [6, 6.07) is 7.54. The summed E-state index contributed by atoms with van der Waals surface area (Å²) in [5, 5.41) is 6.30. The molecular weight excluding hydrogens is 352 g/mol. The number of ether oxygens (including phenoxy) is 1. The Bertz CT molecular complexity index is 713. The molecule has 0 aromatic heterocycles. The maximum atomic E-state index is 12.7. The van der Waals surface area contributed by atoms with E-state index in [4.69, 9.17) is 4.74 Å². The number of nitrogens with zero attached hydrogens (tertiary/aromatic N) is 2. The smallest absolute Gasteiger partial charge is 0.218 e. The maximum absolute atomic E-state index is 12.7. The van der Waals surface area contributed by atoms with Crippen molar-refractivity contribution >= 4 is 16.0 Å². The van der Waals surface area contributed by atoms with Crippen molar-refractivity contribution in [2.75, 3.05) is 39.4 Å². The van der Waals surface area contributed by atoms with E-state index < -0.39 is 10.0 Å². The van der Waals surface area contributed by atoms with Crippen molar-refractivity contribution in [2.45, 2.75) is 19.2 Å². The zero-order valence-electron chi connectivity index (χ0n) is 15.3. The molecule has 1 aromatic rings. The minimum atomic E-state index is -3.36. The SMILES string of the molecule is C=CCNC(=NCc1ccccc1CS(=O)(=O)N1CCOCC1)NCC. The van der Waals surface area contributed by atoms with Gasteiger partial charge in [-0.15, -0.1) is 6.58 Å². The molecule has 7 nitrogen and oxygen atoms in total. The molecule has 144 valence electrons. The highest BCUT2D eigenvalue weighted by Crippen LogP contribution is 2.17. The number of benzene rings is 1. The fourth-order valence-electron chi connectivity index (χ4n) is 2.64. The normalized spacial score (nSPS) is 16.3. The van der Waals surface area contributed by atoms with Crippen molar-refractivity contribution in [2.24, 2.45) is 4.99 Å². The third-order valence-electron chi connectivity index (χ3n) is 3.99. The lowest BCUT2D eigenvalue weighted by Crippen LogP contribution is -2.41. The molecular formula is C18H28N4O3S. The Morgan fingerprint density at radius 2 is 1.96 bits per heavy atom. The molecule has 1 saturated heterocycles. The first-order valence-electron chi connectivity index (χ1n) is 8.82. The van der Waals surface area contributed by atoms with Gasteiger partial charge in [0.15, 0.2) is 5.96 Å². The lowest BCUT2D eigenvalue weighted by Gasteiger charge is -2.26. The predicted octanol–water partition coefficient (Wildman–Crippen LogP) is 1.09. The lowest BCUT2D eigenvalue weighted by molar-refractivity contribution is 0.0729. The third kappa shape index (κ3) is 6.12. The lowest BCUT2D eigenvalue weighted by atomic mass is 10.1. The van der Waals surface area contributed by atoms with Gasteiger partial charge in [0.25, 0.3) is 0 Å². The molecule has 0 radical (unpaired) electrons. The number of hydrogen-bond acceptors (Lipinski definition) is 4. The summed E-state index contributed by atoms with van der Waals surface area (Å²) in [5.74, 6) is 0.660. The topological polar surface area (TPSA) is 83.0 Å². The monoisotopic (exact) mass is 380 g/mol. The van der Waals surface area contributed by atoms with Gasteiger partial charge in [0.05, 0.1) is 25.5 Å². The van der Waals surface area contributed by atoms with Crippen LogP contribution >= 0.6 is 0 Å². The average Bonchev–Trinajstić information content (AvgIpc) is 2.65. The fourth-order valence-corrected chi connectivity index (χ4v) is 4.20. The molecule has 2 N–H and O–H groups in total. The van der Waals surface area contributed by atoms with Crippen LogP contribution in [0.5, 0.6) is 0 Å². The highest BCUT2D eigenvalue weighted by Gasteiger charge is 2.25. The van der Waals surface area contributed by atoms with Crippen LogP contribution < -0.4 is 10.6 Å². The molecule has 1 heterocycles. The summed E-state index contributed by atoms with van der Waals surface area (Å²) >= 11 is 0. The van der Waals surface area contributed by atoms with Crippen LogP contribution in [0.1, 0.15) is 18.1 Å². The van der Waals surface area contributed by atoms with Gasteiger partial charge in [-0.2, -0.15) is 4.31 Å². The largest absolute Gasteiger partial charge is 0.379 e. The molecule has 0 amide bonds. The summed E-state index contributed by atoms with van der Waals surface area (Å²) in [4.78, 5) is 4.54. The van der Waals surface area contributed by atoms with E-state index in [2.05, 4.69) is 22.2 Å². The van der Waals surface area contributed by atoms with Crippen LogP contribution in [0, 0.1) is 0 Å². The van der Waals surface area contributed by atoms with Crippen molar-refractivity contribution in [3.63, 3.8) is 0 Å². The van der Waals surface area contributed by atoms with E-state index in [1.807, 2.05) is 31.2 Å². The molecule has 0 bridgehead atoms. The molecule has 26 heavy (non-hydrogen) atoms. The molecule has 1 aliphatic rings. The first kappa shape index (κ1) is 20.4. The van der Waals surface area contributed by atoms with Crippen molar-refractivity contribution in [1.82, 2.24) is 14.9 Å². The second-order valence-electron chi connectivity index (χ2n) is 5.90.